The number of nitrogens with zero attached hydrogens (tertiary/aromatic N) is 2. The lowest BCUT2D eigenvalue weighted by Crippen LogP contribution is -2.56. The van der Waals surface area contributed by atoms with Crippen molar-refractivity contribution in [3.8, 4) is 0 Å². The number of halogens is 1. The van der Waals surface area contributed by atoms with Gasteiger partial charge in [0.2, 0.25) is 5.91 Å². The van der Waals surface area contributed by atoms with Gasteiger partial charge in [0.05, 0.1) is 11.7 Å². The van der Waals surface area contributed by atoms with Crippen LogP contribution in [-0.2, 0) is 4.79 Å². The number of rotatable bonds is 4. The van der Waals surface area contributed by atoms with E-state index < -0.39 is 5.82 Å². The molecule has 0 aromatic heterocycles. The first-order chi connectivity index (χ1) is 11.4. The number of amides is 3. The summed E-state index contributed by atoms with van der Waals surface area (Å²) in [5.74, 6) is -0.460. The standard InChI is InChI=1S/C17H25FN4O2/c1-12(2)19-16(23)13(3)21-8-10-22(11-9-21)17(24)20-15-7-5-4-6-14(15)18/h4-7,12-13H,8-11H2,1-3H3,(H,19,23)(H,20,24)/t13-/m1/s1. The largest absolute Gasteiger partial charge is 0.353 e. The molecule has 1 saturated heterocycles. The molecule has 0 unspecified atom stereocenters. The molecule has 3 amide bonds. The topological polar surface area (TPSA) is 64.7 Å². The number of piperazine rings is 1. The molecule has 132 valence electrons. The van der Waals surface area contributed by atoms with Crippen molar-refractivity contribution >= 4 is 17.6 Å². The number of anilines is 1. The zero-order chi connectivity index (χ0) is 17.7. The lowest BCUT2D eigenvalue weighted by molar-refractivity contribution is -0.126. The molecular weight excluding hydrogens is 311 g/mol. The Hall–Kier alpha value is -2.15. The van der Waals surface area contributed by atoms with Crippen LogP contribution in [0.3, 0.4) is 0 Å². The number of carbonyl (C=O) groups is 2. The zero-order valence-corrected chi connectivity index (χ0v) is 14.4. The molecule has 0 bridgehead atoms. The summed E-state index contributed by atoms with van der Waals surface area (Å²) in [5.41, 5.74) is 0.176. The van der Waals surface area contributed by atoms with E-state index in [4.69, 9.17) is 0 Å². The van der Waals surface area contributed by atoms with Crippen molar-refractivity contribution in [2.45, 2.75) is 32.9 Å². The Labute approximate surface area is 142 Å². The molecule has 6 nitrogen and oxygen atoms in total. The maximum absolute atomic E-state index is 13.6. The van der Waals surface area contributed by atoms with Gasteiger partial charge in [0.1, 0.15) is 5.82 Å². The molecule has 7 heteroatoms. The summed E-state index contributed by atoms with van der Waals surface area (Å²) in [4.78, 5) is 28.0. The van der Waals surface area contributed by atoms with E-state index in [9.17, 15) is 14.0 Å². The molecular formula is C17H25FN4O2. The van der Waals surface area contributed by atoms with Crippen LogP contribution >= 0.6 is 0 Å². The fourth-order valence-electron chi connectivity index (χ4n) is 2.64. The number of hydrogen-bond donors (Lipinski definition) is 2. The molecule has 1 aliphatic heterocycles. The Morgan fingerprint density at radius 3 is 2.29 bits per heavy atom. The second-order valence-corrected chi connectivity index (χ2v) is 6.27. The molecule has 2 N–H and O–H groups in total. The minimum Gasteiger partial charge on any atom is -0.353 e. The van der Waals surface area contributed by atoms with E-state index in [2.05, 4.69) is 10.6 Å². The average molecular weight is 336 g/mol. The van der Waals surface area contributed by atoms with E-state index in [0.29, 0.717) is 26.2 Å². The van der Waals surface area contributed by atoms with Crippen LogP contribution in [0.25, 0.3) is 0 Å². The summed E-state index contributed by atoms with van der Waals surface area (Å²) < 4.78 is 13.6. The highest BCUT2D eigenvalue weighted by atomic mass is 19.1. The fourth-order valence-corrected chi connectivity index (χ4v) is 2.64. The van der Waals surface area contributed by atoms with Crippen LogP contribution < -0.4 is 10.6 Å². The highest BCUT2D eigenvalue weighted by molar-refractivity contribution is 5.89. The van der Waals surface area contributed by atoms with Gasteiger partial charge in [0.25, 0.3) is 0 Å². The lowest BCUT2D eigenvalue weighted by Gasteiger charge is -2.37. The first kappa shape index (κ1) is 18.2. The third-order valence-electron chi connectivity index (χ3n) is 4.08. The van der Waals surface area contributed by atoms with E-state index >= 15 is 0 Å². The van der Waals surface area contributed by atoms with Gasteiger partial charge in [-0.25, -0.2) is 9.18 Å². The summed E-state index contributed by atoms with van der Waals surface area (Å²) in [5, 5.41) is 5.48. The maximum atomic E-state index is 13.6. The third-order valence-corrected chi connectivity index (χ3v) is 4.08. The molecule has 0 spiro atoms. The monoisotopic (exact) mass is 336 g/mol. The van der Waals surface area contributed by atoms with E-state index in [1.165, 1.54) is 12.1 Å². The van der Waals surface area contributed by atoms with Gasteiger partial charge in [-0.3, -0.25) is 9.69 Å². The second kappa shape index (κ2) is 8.10. The van der Waals surface area contributed by atoms with Gasteiger partial charge in [-0.15, -0.1) is 0 Å². The van der Waals surface area contributed by atoms with Crippen molar-refractivity contribution in [2.75, 3.05) is 31.5 Å². The maximum Gasteiger partial charge on any atom is 0.322 e. The third kappa shape index (κ3) is 4.67. The molecule has 0 radical (unpaired) electrons. The Morgan fingerprint density at radius 1 is 1.08 bits per heavy atom. The van der Waals surface area contributed by atoms with Crippen molar-refractivity contribution in [3.63, 3.8) is 0 Å². The second-order valence-electron chi connectivity index (χ2n) is 6.27. The van der Waals surface area contributed by atoms with Crippen LogP contribution in [0.5, 0.6) is 0 Å². The van der Waals surface area contributed by atoms with Gasteiger partial charge in [-0.05, 0) is 32.9 Å². The predicted molar refractivity (Wildman–Crippen MR) is 91.3 cm³/mol. The van der Waals surface area contributed by atoms with Gasteiger partial charge >= 0.3 is 6.03 Å². The van der Waals surface area contributed by atoms with Crippen LogP contribution in [0.4, 0.5) is 14.9 Å². The number of urea groups is 1. The highest BCUT2D eigenvalue weighted by Gasteiger charge is 2.27. The van der Waals surface area contributed by atoms with Crippen LogP contribution in [0.1, 0.15) is 20.8 Å². The molecule has 1 aromatic carbocycles. The van der Waals surface area contributed by atoms with Crippen LogP contribution in [0, 0.1) is 5.82 Å². The Balaban J connectivity index is 1.85. The summed E-state index contributed by atoms with van der Waals surface area (Å²) in [6, 6.07) is 5.64. The molecule has 1 aromatic rings. The first-order valence-electron chi connectivity index (χ1n) is 8.23. The molecule has 0 saturated carbocycles. The van der Waals surface area contributed by atoms with Gasteiger partial charge in [0.15, 0.2) is 0 Å². The van der Waals surface area contributed by atoms with E-state index in [-0.39, 0.29) is 29.7 Å². The van der Waals surface area contributed by atoms with E-state index in [1.54, 1.807) is 17.0 Å². The van der Waals surface area contributed by atoms with E-state index in [0.717, 1.165) is 0 Å². The Morgan fingerprint density at radius 2 is 1.71 bits per heavy atom. The summed E-state index contributed by atoms with van der Waals surface area (Å²) in [6.07, 6.45) is 0. The van der Waals surface area contributed by atoms with Gasteiger partial charge < -0.3 is 15.5 Å². The van der Waals surface area contributed by atoms with Crippen LogP contribution in [0.2, 0.25) is 0 Å². The normalized spacial score (nSPS) is 16.8. The molecule has 24 heavy (non-hydrogen) atoms. The van der Waals surface area contributed by atoms with Gasteiger partial charge in [0, 0.05) is 32.2 Å². The van der Waals surface area contributed by atoms with Crippen molar-refractivity contribution in [3.05, 3.63) is 30.1 Å². The smallest absolute Gasteiger partial charge is 0.322 e. The number of carbonyl (C=O) groups excluding carboxylic acids is 2. The zero-order valence-electron chi connectivity index (χ0n) is 14.4. The molecule has 2 rings (SSSR count). The lowest BCUT2D eigenvalue weighted by atomic mass is 10.2. The molecule has 0 aliphatic carbocycles. The molecule has 1 fully saturated rings. The molecule has 1 aliphatic rings. The summed E-state index contributed by atoms with van der Waals surface area (Å²) in [6.45, 7) is 7.94. The Bertz CT molecular complexity index is 586. The Kier molecular flexibility index (Phi) is 6.14. The highest BCUT2D eigenvalue weighted by Crippen LogP contribution is 2.14. The van der Waals surface area contributed by atoms with Crippen molar-refractivity contribution in [2.24, 2.45) is 0 Å². The minimum atomic E-state index is -0.455. The first-order valence-corrected chi connectivity index (χ1v) is 8.23. The summed E-state index contributed by atoms with van der Waals surface area (Å²) in [7, 11) is 0. The number of para-hydroxylation sites is 1. The molecule has 1 heterocycles. The van der Waals surface area contributed by atoms with E-state index in [1.807, 2.05) is 25.7 Å². The van der Waals surface area contributed by atoms with Crippen molar-refractivity contribution in [1.29, 1.82) is 0 Å². The quantitative estimate of drug-likeness (QED) is 0.882. The average Bonchev–Trinajstić information content (AvgIpc) is 2.55. The SMILES string of the molecule is CC(C)NC(=O)[C@@H](C)N1CCN(C(=O)Nc2ccccc2F)CC1. The van der Waals surface area contributed by atoms with Crippen LogP contribution in [-0.4, -0.2) is 60.0 Å². The minimum absolute atomic E-state index is 0.00532. The van der Waals surface area contributed by atoms with Crippen molar-refractivity contribution < 1.29 is 14.0 Å². The number of nitrogens with one attached hydrogen (secondary N) is 2. The predicted octanol–water partition coefficient (Wildman–Crippen LogP) is 1.89. The number of hydrogen-bond acceptors (Lipinski definition) is 3. The van der Waals surface area contributed by atoms with Gasteiger partial charge in [-0.1, -0.05) is 12.1 Å². The van der Waals surface area contributed by atoms with Gasteiger partial charge in [-0.2, -0.15) is 0 Å². The van der Waals surface area contributed by atoms with Crippen molar-refractivity contribution in [1.82, 2.24) is 15.1 Å². The molecule has 1 atom stereocenters. The summed E-state index contributed by atoms with van der Waals surface area (Å²) >= 11 is 0. The van der Waals surface area contributed by atoms with Crippen LogP contribution in [0.15, 0.2) is 24.3 Å². The number of benzene rings is 1. The fraction of sp³-hybridized carbons (Fsp3) is 0.529.